The normalized spacial score (nSPS) is 12.4. The van der Waals surface area contributed by atoms with E-state index in [0.29, 0.717) is 12.1 Å². The van der Waals surface area contributed by atoms with E-state index in [-0.39, 0.29) is 11.9 Å². The Hall–Kier alpha value is -1.91. The summed E-state index contributed by atoms with van der Waals surface area (Å²) in [7, 11) is 3.62. The second-order valence-electron chi connectivity index (χ2n) is 5.17. The van der Waals surface area contributed by atoms with Crippen LogP contribution in [0.3, 0.4) is 0 Å². The summed E-state index contributed by atoms with van der Waals surface area (Å²) in [6.45, 7) is 1.35. The van der Waals surface area contributed by atoms with Gasteiger partial charge in [-0.05, 0) is 30.8 Å². The first-order chi connectivity index (χ1) is 10.1. The third kappa shape index (κ3) is 4.28. The fraction of sp³-hybridized carbons (Fsp3) is 0.294. The summed E-state index contributed by atoms with van der Waals surface area (Å²) in [5.74, 6) is 0.590. The van der Waals surface area contributed by atoms with Gasteiger partial charge in [0.1, 0.15) is 11.6 Å². The summed E-state index contributed by atoms with van der Waals surface area (Å²) in [6.07, 6.45) is 0. The molecule has 2 aromatic carbocycles. The molecule has 4 heteroatoms. The molecule has 1 unspecified atom stereocenters. The van der Waals surface area contributed by atoms with Gasteiger partial charge in [0.05, 0.1) is 7.11 Å². The molecule has 0 aromatic heterocycles. The second kappa shape index (κ2) is 7.20. The quantitative estimate of drug-likeness (QED) is 0.888. The zero-order valence-electron chi connectivity index (χ0n) is 12.4. The van der Waals surface area contributed by atoms with E-state index < -0.39 is 0 Å². The highest BCUT2D eigenvalue weighted by Gasteiger charge is 2.13. The molecule has 2 rings (SSSR count). The number of nitrogens with zero attached hydrogens (tertiary/aromatic N) is 1. The van der Waals surface area contributed by atoms with Crippen LogP contribution in [0, 0.1) is 5.82 Å². The highest BCUT2D eigenvalue weighted by atomic mass is 19.1. The zero-order chi connectivity index (χ0) is 15.2. The van der Waals surface area contributed by atoms with Crippen molar-refractivity contribution in [1.82, 2.24) is 4.90 Å². The minimum Gasteiger partial charge on any atom is -0.497 e. The van der Waals surface area contributed by atoms with Gasteiger partial charge < -0.3 is 15.4 Å². The molecule has 0 aliphatic rings. The van der Waals surface area contributed by atoms with E-state index in [1.54, 1.807) is 19.2 Å². The number of halogens is 1. The molecule has 0 radical (unpaired) electrons. The van der Waals surface area contributed by atoms with Gasteiger partial charge in [0, 0.05) is 24.7 Å². The van der Waals surface area contributed by atoms with Crippen LogP contribution in [0.5, 0.6) is 5.75 Å². The number of likely N-dealkylation sites (N-methyl/N-ethyl adjacent to an activating group) is 1. The Balaban J connectivity index is 1.94. The van der Waals surface area contributed by atoms with Crippen molar-refractivity contribution in [2.24, 2.45) is 5.73 Å². The topological polar surface area (TPSA) is 38.5 Å². The lowest BCUT2D eigenvalue weighted by Gasteiger charge is -2.22. The Bertz CT molecular complexity index is 571. The van der Waals surface area contributed by atoms with E-state index in [1.165, 1.54) is 11.6 Å². The maximum absolute atomic E-state index is 13.7. The number of benzene rings is 2. The molecular formula is C17H21FN2O. The summed E-state index contributed by atoms with van der Waals surface area (Å²) < 4.78 is 18.8. The number of hydrogen-bond donors (Lipinski definition) is 1. The molecule has 2 aromatic rings. The summed E-state index contributed by atoms with van der Waals surface area (Å²) in [4.78, 5) is 2.08. The molecule has 1 atom stereocenters. The summed E-state index contributed by atoms with van der Waals surface area (Å²) >= 11 is 0. The summed E-state index contributed by atoms with van der Waals surface area (Å²) in [5, 5.41) is 0. The largest absolute Gasteiger partial charge is 0.497 e. The Kier molecular flexibility index (Phi) is 5.31. The Morgan fingerprint density at radius 2 is 1.81 bits per heavy atom. The van der Waals surface area contributed by atoms with Crippen LogP contribution in [0.1, 0.15) is 17.2 Å². The van der Waals surface area contributed by atoms with Crippen molar-refractivity contribution >= 4 is 0 Å². The van der Waals surface area contributed by atoms with Crippen molar-refractivity contribution < 1.29 is 9.13 Å². The Labute approximate surface area is 125 Å². The van der Waals surface area contributed by atoms with Crippen molar-refractivity contribution in [3.05, 3.63) is 65.5 Å². The second-order valence-corrected chi connectivity index (χ2v) is 5.17. The van der Waals surface area contributed by atoms with Gasteiger partial charge in [-0.2, -0.15) is 0 Å². The highest BCUT2D eigenvalue weighted by molar-refractivity contribution is 5.27. The van der Waals surface area contributed by atoms with Crippen LogP contribution < -0.4 is 10.5 Å². The SMILES string of the molecule is COc1ccc(CN(C)CC(N)c2ccccc2F)cc1. The first-order valence-electron chi connectivity index (χ1n) is 6.91. The molecule has 0 fully saturated rings. The lowest BCUT2D eigenvalue weighted by molar-refractivity contribution is 0.302. The van der Waals surface area contributed by atoms with Gasteiger partial charge in [-0.15, -0.1) is 0 Å². The molecule has 3 nitrogen and oxygen atoms in total. The van der Waals surface area contributed by atoms with Crippen LogP contribution in [0.4, 0.5) is 4.39 Å². The molecule has 0 bridgehead atoms. The van der Waals surface area contributed by atoms with Gasteiger partial charge in [-0.1, -0.05) is 30.3 Å². The van der Waals surface area contributed by atoms with Gasteiger partial charge in [0.25, 0.3) is 0 Å². The van der Waals surface area contributed by atoms with E-state index in [0.717, 1.165) is 12.3 Å². The molecule has 112 valence electrons. The van der Waals surface area contributed by atoms with E-state index in [4.69, 9.17) is 10.5 Å². The van der Waals surface area contributed by atoms with Crippen molar-refractivity contribution in [1.29, 1.82) is 0 Å². The lowest BCUT2D eigenvalue weighted by Crippen LogP contribution is -2.29. The minimum atomic E-state index is -0.338. The fourth-order valence-corrected chi connectivity index (χ4v) is 2.32. The van der Waals surface area contributed by atoms with E-state index >= 15 is 0 Å². The van der Waals surface area contributed by atoms with E-state index in [2.05, 4.69) is 4.90 Å². The Morgan fingerprint density at radius 1 is 1.14 bits per heavy atom. The molecule has 0 saturated carbocycles. The molecule has 0 heterocycles. The Morgan fingerprint density at radius 3 is 2.43 bits per heavy atom. The van der Waals surface area contributed by atoms with Gasteiger partial charge >= 0.3 is 0 Å². The first-order valence-corrected chi connectivity index (χ1v) is 6.91. The molecule has 0 aliphatic carbocycles. The van der Waals surface area contributed by atoms with Crippen LogP contribution in [0.25, 0.3) is 0 Å². The van der Waals surface area contributed by atoms with Gasteiger partial charge in [0.2, 0.25) is 0 Å². The first kappa shape index (κ1) is 15.5. The molecule has 0 spiro atoms. The van der Waals surface area contributed by atoms with Crippen molar-refractivity contribution in [2.45, 2.75) is 12.6 Å². The van der Waals surface area contributed by atoms with Crippen LogP contribution in [0.15, 0.2) is 48.5 Å². The maximum atomic E-state index is 13.7. The minimum absolute atomic E-state index is 0.247. The van der Waals surface area contributed by atoms with E-state index in [9.17, 15) is 4.39 Å². The van der Waals surface area contributed by atoms with Crippen molar-refractivity contribution in [2.75, 3.05) is 20.7 Å². The maximum Gasteiger partial charge on any atom is 0.128 e. The number of nitrogens with two attached hydrogens (primary N) is 1. The standard InChI is InChI=1S/C17H21FN2O/c1-20(11-13-7-9-14(21-2)10-8-13)12-17(19)15-5-3-4-6-16(15)18/h3-10,17H,11-12,19H2,1-2H3. The summed E-state index contributed by atoms with van der Waals surface area (Å²) in [5.41, 5.74) is 7.81. The predicted molar refractivity (Wildman–Crippen MR) is 82.7 cm³/mol. The van der Waals surface area contributed by atoms with Crippen LogP contribution >= 0.6 is 0 Å². The van der Waals surface area contributed by atoms with Crippen LogP contribution in [-0.4, -0.2) is 25.6 Å². The molecule has 21 heavy (non-hydrogen) atoms. The smallest absolute Gasteiger partial charge is 0.128 e. The lowest BCUT2D eigenvalue weighted by atomic mass is 10.1. The monoisotopic (exact) mass is 288 g/mol. The molecule has 0 aliphatic heterocycles. The van der Waals surface area contributed by atoms with Crippen molar-refractivity contribution in [3.63, 3.8) is 0 Å². The van der Waals surface area contributed by atoms with Crippen LogP contribution in [0.2, 0.25) is 0 Å². The molecule has 0 amide bonds. The number of ether oxygens (including phenoxy) is 1. The summed E-state index contributed by atoms with van der Waals surface area (Å²) in [6, 6.07) is 14.2. The van der Waals surface area contributed by atoms with E-state index in [1.807, 2.05) is 37.4 Å². The van der Waals surface area contributed by atoms with Gasteiger partial charge in [-0.25, -0.2) is 4.39 Å². The van der Waals surface area contributed by atoms with Gasteiger partial charge in [-0.3, -0.25) is 0 Å². The predicted octanol–water partition coefficient (Wildman–Crippen LogP) is 2.97. The third-order valence-electron chi connectivity index (χ3n) is 3.42. The molecule has 2 N–H and O–H groups in total. The zero-order valence-corrected chi connectivity index (χ0v) is 12.4. The molecular weight excluding hydrogens is 267 g/mol. The average Bonchev–Trinajstić information content (AvgIpc) is 2.48. The van der Waals surface area contributed by atoms with Gasteiger partial charge in [0.15, 0.2) is 0 Å². The number of methoxy groups -OCH3 is 1. The number of rotatable bonds is 6. The van der Waals surface area contributed by atoms with Crippen molar-refractivity contribution in [3.8, 4) is 5.75 Å². The van der Waals surface area contributed by atoms with Crippen LogP contribution in [-0.2, 0) is 6.54 Å². The fourth-order valence-electron chi connectivity index (χ4n) is 2.32. The average molecular weight is 288 g/mol. The highest BCUT2D eigenvalue weighted by Crippen LogP contribution is 2.17. The number of hydrogen-bond acceptors (Lipinski definition) is 3. The molecule has 0 saturated heterocycles. The third-order valence-corrected chi connectivity index (χ3v) is 3.42.